The second-order valence-electron chi connectivity index (χ2n) is 11.1. The molecule has 1 heterocycles. The molecule has 0 bridgehead atoms. The maximum Gasteiger partial charge on any atom is 0.137 e. The third-order valence-electron chi connectivity index (χ3n) is 9.50. The van der Waals surface area contributed by atoms with Gasteiger partial charge in [-0.2, -0.15) is 0 Å². The Labute approximate surface area is 186 Å². The highest BCUT2D eigenvalue weighted by Gasteiger charge is 2.63. The Bertz CT molecular complexity index is 827. The average molecular weight is 427 g/mol. The summed E-state index contributed by atoms with van der Waals surface area (Å²) in [4.78, 5) is 29.2. The lowest BCUT2D eigenvalue weighted by Crippen LogP contribution is -2.58. The summed E-state index contributed by atoms with van der Waals surface area (Å²) >= 11 is 0. The number of Topliss-reactive ketones (excluding diaryl/α,β-unsaturated/α-hetero) is 2. The van der Waals surface area contributed by atoms with Gasteiger partial charge in [-0.25, -0.2) is 4.98 Å². The zero-order valence-corrected chi connectivity index (χ0v) is 19.2. The van der Waals surface area contributed by atoms with Crippen LogP contribution in [-0.4, -0.2) is 27.8 Å². The van der Waals surface area contributed by atoms with Crippen LogP contribution in [0.4, 0.5) is 5.82 Å². The molecule has 3 N–H and O–H groups in total. The summed E-state index contributed by atoms with van der Waals surface area (Å²) < 4.78 is 0. The summed E-state index contributed by atoms with van der Waals surface area (Å²) in [6.45, 7) is 6.28. The summed E-state index contributed by atoms with van der Waals surface area (Å²) in [6, 6.07) is 5.43. The van der Waals surface area contributed by atoms with E-state index in [1.165, 1.54) is 0 Å². The second-order valence-corrected chi connectivity index (χ2v) is 11.1. The van der Waals surface area contributed by atoms with E-state index in [0.717, 1.165) is 44.9 Å². The predicted octanol–water partition coefficient (Wildman–Crippen LogP) is 4.44. The number of carbonyl (C=O) groups excluding carboxylic acids is 2. The van der Waals surface area contributed by atoms with Crippen molar-refractivity contribution in [2.24, 2.45) is 40.4 Å². The van der Waals surface area contributed by atoms with Gasteiger partial charge in [0.15, 0.2) is 0 Å². The number of nitrogen functional groups attached to an aromatic ring is 1. The van der Waals surface area contributed by atoms with Gasteiger partial charge in [0, 0.05) is 24.5 Å². The van der Waals surface area contributed by atoms with Gasteiger partial charge in [-0.05, 0) is 92.6 Å². The molecule has 4 aliphatic rings. The highest BCUT2D eigenvalue weighted by molar-refractivity contribution is 5.87. The Morgan fingerprint density at radius 2 is 1.90 bits per heavy atom. The Hall–Kier alpha value is -1.75. The molecule has 0 aromatic carbocycles. The van der Waals surface area contributed by atoms with Gasteiger partial charge >= 0.3 is 0 Å². The Kier molecular flexibility index (Phi) is 6.01. The first-order chi connectivity index (χ1) is 14.7. The predicted molar refractivity (Wildman–Crippen MR) is 121 cm³/mol. The normalized spacial score (nSPS) is 43.7. The zero-order chi connectivity index (χ0) is 22.4. The summed E-state index contributed by atoms with van der Waals surface area (Å²) in [5.74, 6) is 3.06. The van der Waals surface area contributed by atoms with Crippen LogP contribution in [0.5, 0.6) is 0 Å². The number of aliphatic hydroxyl groups is 1. The van der Waals surface area contributed by atoms with E-state index >= 15 is 0 Å². The first kappa shape index (κ1) is 22.4. The smallest absolute Gasteiger partial charge is 0.137 e. The van der Waals surface area contributed by atoms with Crippen LogP contribution >= 0.6 is 0 Å². The van der Waals surface area contributed by atoms with E-state index in [1.54, 1.807) is 19.2 Å². The second kappa shape index (κ2) is 8.31. The molecule has 5 nitrogen and oxygen atoms in total. The van der Waals surface area contributed by atoms with Gasteiger partial charge in [0.05, 0.1) is 6.10 Å². The number of ketones is 2. The molecular weight excluding hydrogens is 388 g/mol. The van der Waals surface area contributed by atoms with Gasteiger partial charge in [0.25, 0.3) is 0 Å². The number of hydrogen-bond acceptors (Lipinski definition) is 5. The fourth-order valence-corrected chi connectivity index (χ4v) is 8.09. The lowest BCUT2D eigenvalue weighted by molar-refractivity contribution is -0.162. The maximum absolute atomic E-state index is 13.3. The molecule has 4 fully saturated rings. The standard InChI is InChI=1S/C21H32O3.C5H6N2/c1-12(22)16-6-7-17-15-5-4-13-10-14(23)8-9-20(13,2)19(15)18(24)11-21(16,17)3;6-5-3-1-2-4-7-5/h13-17,19,23H,4-11H2,1-3H3;1-4H,(H2,6,7)/t13-,14+,15-,16+,17-,19+,20-,21+;/m0./s1. The summed E-state index contributed by atoms with van der Waals surface area (Å²) in [5, 5.41) is 10.1. The van der Waals surface area contributed by atoms with Crippen molar-refractivity contribution in [1.82, 2.24) is 4.98 Å². The fourth-order valence-electron chi connectivity index (χ4n) is 8.09. The molecule has 0 saturated heterocycles. The number of rotatable bonds is 1. The van der Waals surface area contributed by atoms with Crippen LogP contribution in [0.25, 0.3) is 0 Å². The van der Waals surface area contributed by atoms with Crippen LogP contribution in [0.1, 0.15) is 72.1 Å². The molecule has 1 aromatic heterocycles. The third kappa shape index (κ3) is 3.83. The van der Waals surface area contributed by atoms with Gasteiger partial charge in [-0.15, -0.1) is 0 Å². The molecule has 0 aliphatic heterocycles. The van der Waals surface area contributed by atoms with E-state index < -0.39 is 0 Å². The van der Waals surface area contributed by atoms with Crippen molar-refractivity contribution in [3.05, 3.63) is 24.4 Å². The quantitative estimate of drug-likeness (QED) is 0.692. The van der Waals surface area contributed by atoms with Gasteiger partial charge in [-0.1, -0.05) is 19.9 Å². The lowest BCUT2D eigenvalue weighted by Gasteiger charge is -2.59. The summed E-state index contributed by atoms with van der Waals surface area (Å²) in [5.41, 5.74) is 5.23. The minimum Gasteiger partial charge on any atom is -0.393 e. The zero-order valence-electron chi connectivity index (χ0n) is 19.2. The van der Waals surface area contributed by atoms with Crippen molar-refractivity contribution >= 4 is 17.4 Å². The van der Waals surface area contributed by atoms with Crippen LogP contribution in [0.2, 0.25) is 0 Å². The van der Waals surface area contributed by atoms with Crippen molar-refractivity contribution in [1.29, 1.82) is 0 Å². The molecule has 31 heavy (non-hydrogen) atoms. The van der Waals surface area contributed by atoms with Crippen LogP contribution in [0.3, 0.4) is 0 Å². The average Bonchev–Trinajstić information content (AvgIpc) is 3.06. The van der Waals surface area contributed by atoms with Gasteiger partial charge in [0.1, 0.15) is 17.4 Å². The third-order valence-corrected chi connectivity index (χ3v) is 9.50. The van der Waals surface area contributed by atoms with E-state index in [9.17, 15) is 14.7 Å². The molecular formula is C26H38N2O3. The number of carbonyl (C=O) groups is 2. The number of hydrogen-bond donors (Lipinski definition) is 2. The number of nitrogens with two attached hydrogens (primary N) is 1. The number of anilines is 1. The largest absolute Gasteiger partial charge is 0.393 e. The van der Waals surface area contributed by atoms with Crippen LogP contribution < -0.4 is 5.73 Å². The van der Waals surface area contributed by atoms with E-state index in [-0.39, 0.29) is 34.6 Å². The molecule has 4 saturated carbocycles. The molecule has 5 heteroatoms. The Morgan fingerprint density at radius 3 is 2.52 bits per heavy atom. The van der Waals surface area contributed by atoms with E-state index in [1.807, 2.05) is 12.1 Å². The van der Waals surface area contributed by atoms with Crippen LogP contribution in [-0.2, 0) is 9.59 Å². The minimum absolute atomic E-state index is 0.0782. The van der Waals surface area contributed by atoms with E-state index in [0.29, 0.717) is 35.8 Å². The SMILES string of the molecule is CC(=O)[C@H]1CC[C@H]2[C@@H]3CC[C@H]4C[C@H](O)CC[C@]4(C)[C@H]3C(=O)C[C@]12C.Nc1ccccn1. The summed E-state index contributed by atoms with van der Waals surface area (Å²) in [6.07, 6.45) is 9.19. The van der Waals surface area contributed by atoms with E-state index in [4.69, 9.17) is 5.73 Å². The van der Waals surface area contributed by atoms with Gasteiger partial charge < -0.3 is 10.8 Å². The molecule has 0 radical (unpaired) electrons. The molecule has 0 amide bonds. The first-order valence-electron chi connectivity index (χ1n) is 12.0. The molecule has 8 atom stereocenters. The highest BCUT2D eigenvalue weighted by Crippen LogP contribution is 2.66. The van der Waals surface area contributed by atoms with Crippen molar-refractivity contribution in [3.63, 3.8) is 0 Å². The van der Waals surface area contributed by atoms with Crippen LogP contribution in [0.15, 0.2) is 24.4 Å². The molecule has 0 spiro atoms. The van der Waals surface area contributed by atoms with Crippen LogP contribution in [0, 0.1) is 40.4 Å². The topological polar surface area (TPSA) is 93.3 Å². The van der Waals surface area contributed by atoms with Crippen molar-refractivity contribution in [2.45, 2.75) is 78.2 Å². The molecule has 4 aliphatic carbocycles. The van der Waals surface area contributed by atoms with Gasteiger partial charge in [-0.3, -0.25) is 9.59 Å². The first-order valence-corrected chi connectivity index (χ1v) is 12.0. The monoisotopic (exact) mass is 426 g/mol. The number of aliphatic hydroxyl groups excluding tert-OH is 1. The Morgan fingerprint density at radius 1 is 1.13 bits per heavy atom. The Balaban J connectivity index is 0.000000282. The number of pyridine rings is 1. The number of aromatic nitrogens is 1. The van der Waals surface area contributed by atoms with Gasteiger partial charge in [0.2, 0.25) is 0 Å². The number of nitrogens with zero attached hydrogens (tertiary/aromatic N) is 1. The highest BCUT2D eigenvalue weighted by atomic mass is 16.3. The molecule has 5 rings (SSSR count). The number of fused-ring (bicyclic) bond motifs is 5. The molecule has 170 valence electrons. The minimum atomic E-state index is -0.169. The fraction of sp³-hybridized carbons (Fsp3) is 0.731. The molecule has 1 aromatic rings. The van der Waals surface area contributed by atoms with Crippen molar-refractivity contribution < 1.29 is 14.7 Å². The van der Waals surface area contributed by atoms with Crippen molar-refractivity contribution in [2.75, 3.05) is 5.73 Å². The summed E-state index contributed by atoms with van der Waals surface area (Å²) in [7, 11) is 0. The molecule has 0 unspecified atom stereocenters. The van der Waals surface area contributed by atoms with E-state index in [2.05, 4.69) is 18.8 Å². The maximum atomic E-state index is 13.3. The lowest BCUT2D eigenvalue weighted by atomic mass is 9.44. The van der Waals surface area contributed by atoms with Crippen molar-refractivity contribution in [3.8, 4) is 0 Å².